The second kappa shape index (κ2) is 4.62. The summed E-state index contributed by atoms with van der Waals surface area (Å²) < 4.78 is 0. The molecule has 0 aliphatic carbocycles. The Hall–Kier alpha value is -1.53. The Morgan fingerprint density at radius 3 is 3.11 bits per heavy atom. The van der Waals surface area contributed by atoms with Crippen LogP contribution in [0.15, 0.2) is 10.2 Å². The van der Waals surface area contributed by atoms with E-state index in [1.54, 1.807) is 11.3 Å². The lowest BCUT2D eigenvalue weighted by Crippen LogP contribution is -2.31. The molecule has 0 bridgehead atoms. The van der Waals surface area contributed by atoms with E-state index in [1.165, 1.54) is 0 Å². The minimum atomic E-state index is 0.00442. The molecular formula is C12H14N4OS. The number of thiazole rings is 1. The average molecular weight is 262 g/mol. The standard InChI is InChI=1S/C12H14N4OS/c1-7-6-18-11(14-7)4-10-15-9-5-13-3-2-8(9)12(17)16-10/h6,13H,2-5H2,1H3,(H,15,16,17). The summed E-state index contributed by atoms with van der Waals surface area (Å²) in [5.41, 5.74) is 2.72. The first-order valence-electron chi connectivity index (χ1n) is 5.95. The van der Waals surface area contributed by atoms with Crippen molar-refractivity contribution in [1.82, 2.24) is 20.3 Å². The summed E-state index contributed by atoms with van der Waals surface area (Å²) in [6.45, 7) is 3.50. The number of nitrogens with zero attached hydrogens (tertiary/aromatic N) is 2. The van der Waals surface area contributed by atoms with Crippen molar-refractivity contribution in [3.63, 3.8) is 0 Å². The fourth-order valence-corrected chi connectivity index (χ4v) is 2.91. The van der Waals surface area contributed by atoms with Crippen LogP contribution < -0.4 is 10.9 Å². The van der Waals surface area contributed by atoms with E-state index in [2.05, 4.69) is 20.3 Å². The maximum absolute atomic E-state index is 11.9. The summed E-state index contributed by atoms with van der Waals surface area (Å²) in [6.07, 6.45) is 1.36. The molecule has 18 heavy (non-hydrogen) atoms. The van der Waals surface area contributed by atoms with E-state index < -0.39 is 0 Å². The molecule has 0 saturated heterocycles. The molecule has 0 atom stereocenters. The molecule has 0 aromatic carbocycles. The van der Waals surface area contributed by atoms with E-state index in [-0.39, 0.29) is 5.56 Å². The molecule has 2 aromatic heterocycles. The highest BCUT2D eigenvalue weighted by molar-refractivity contribution is 7.09. The molecule has 0 radical (unpaired) electrons. The van der Waals surface area contributed by atoms with Crippen LogP contribution in [-0.2, 0) is 19.4 Å². The van der Waals surface area contributed by atoms with E-state index >= 15 is 0 Å². The molecule has 0 saturated carbocycles. The second-order valence-corrected chi connectivity index (χ2v) is 5.37. The zero-order valence-corrected chi connectivity index (χ0v) is 10.9. The third-order valence-corrected chi connectivity index (χ3v) is 3.95. The van der Waals surface area contributed by atoms with Gasteiger partial charge in [0.15, 0.2) is 0 Å². The lowest BCUT2D eigenvalue weighted by Gasteiger charge is -2.15. The number of aromatic nitrogens is 3. The molecule has 2 aromatic rings. The number of rotatable bonds is 2. The number of hydrogen-bond donors (Lipinski definition) is 2. The van der Waals surface area contributed by atoms with Gasteiger partial charge >= 0.3 is 0 Å². The molecule has 0 fully saturated rings. The summed E-state index contributed by atoms with van der Waals surface area (Å²) in [7, 11) is 0. The summed E-state index contributed by atoms with van der Waals surface area (Å²) in [5, 5.41) is 6.23. The molecule has 1 aliphatic rings. The number of H-pyrrole nitrogens is 1. The minimum Gasteiger partial charge on any atom is -0.311 e. The van der Waals surface area contributed by atoms with Crippen molar-refractivity contribution < 1.29 is 0 Å². The van der Waals surface area contributed by atoms with Gasteiger partial charge in [-0.1, -0.05) is 0 Å². The lowest BCUT2D eigenvalue weighted by atomic mass is 10.1. The van der Waals surface area contributed by atoms with Gasteiger partial charge in [0.2, 0.25) is 0 Å². The molecule has 6 heteroatoms. The molecule has 0 unspecified atom stereocenters. The van der Waals surface area contributed by atoms with Gasteiger partial charge in [-0.15, -0.1) is 11.3 Å². The van der Waals surface area contributed by atoms with Crippen LogP contribution in [0, 0.1) is 6.92 Å². The zero-order valence-electron chi connectivity index (χ0n) is 10.1. The van der Waals surface area contributed by atoms with Gasteiger partial charge in [-0.3, -0.25) is 4.79 Å². The Bertz CT molecular complexity index is 631. The van der Waals surface area contributed by atoms with Crippen LogP contribution in [0.1, 0.15) is 27.8 Å². The van der Waals surface area contributed by atoms with Gasteiger partial charge in [-0.05, 0) is 19.9 Å². The summed E-state index contributed by atoms with van der Waals surface area (Å²) in [4.78, 5) is 23.7. The number of nitrogens with one attached hydrogen (secondary N) is 2. The fourth-order valence-electron chi connectivity index (χ4n) is 2.13. The van der Waals surface area contributed by atoms with Crippen LogP contribution in [0.3, 0.4) is 0 Å². The fraction of sp³-hybridized carbons (Fsp3) is 0.417. The van der Waals surface area contributed by atoms with Gasteiger partial charge in [0.05, 0.1) is 12.1 Å². The van der Waals surface area contributed by atoms with Crippen LogP contribution >= 0.6 is 11.3 Å². The van der Waals surface area contributed by atoms with E-state index in [4.69, 9.17) is 0 Å². The van der Waals surface area contributed by atoms with Crippen molar-refractivity contribution in [3.05, 3.63) is 43.5 Å². The highest BCUT2D eigenvalue weighted by Gasteiger charge is 2.15. The lowest BCUT2D eigenvalue weighted by molar-refractivity contribution is 0.612. The zero-order chi connectivity index (χ0) is 12.5. The quantitative estimate of drug-likeness (QED) is 0.838. The van der Waals surface area contributed by atoms with Gasteiger partial charge in [-0.2, -0.15) is 0 Å². The van der Waals surface area contributed by atoms with Crippen molar-refractivity contribution in [2.24, 2.45) is 0 Å². The van der Waals surface area contributed by atoms with Crippen molar-refractivity contribution >= 4 is 11.3 Å². The van der Waals surface area contributed by atoms with Crippen molar-refractivity contribution in [2.75, 3.05) is 6.54 Å². The molecule has 94 valence electrons. The topological polar surface area (TPSA) is 70.7 Å². The largest absolute Gasteiger partial charge is 0.311 e. The van der Waals surface area contributed by atoms with Gasteiger partial charge in [0.1, 0.15) is 10.8 Å². The third kappa shape index (κ3) is 2.21. The smallest absolute Gasteiger partial charge is 0.254 e. The Balaban J connectivity index is 1.93. The summed E-state index contributed by atoms with van der Waals surface area (Å²) in [5.74, 6) is 0.705. The third-order valence-electron chi connectivity index (χ3n) is 2.98. The molecule has 5 nitrogen and oxygen atoms in total. The molecule has 1 aliphatic heterocycles. The molecule has 0 spiro atoms. The minimum absolute atomic E-state index is 0.00442. The number of aryl methyl sites for hydroxylation is 1. The molecular weight excluding hydrogens is 248 g/mol. The van der Waals surface area contributed by atoms with Crippen LogP contribution in [0.25, 0.3) is 0 Å². The first-order valence-corrected chi connectivity index (χ1v) is 6.83. The van der Waals surface area contributed by atoms with Crippen LogP contribution in [-0.4, -0.2) is 21.5 Å². The second-order valence-electron chi connectivity index (χ2n) is 4.42. The van der Waals surface area contributed by atoms with Crippen molar-refractivity contribution in [3.8, 4) is 0 Å². The molecule has 0 amide bonds. The van der Waals surface area contributed by atoms with Crippen molar-refractivity contribution in [1.29, 1.82) is 0 Å². The van der Waals surface area contributed by atoms with E-state index in [0.29, 0.717) is 18.8 Å². The first-order chi connectivity index (χ1) is 8.72. The molecule has 3 rings (SSSR count). The Morgan fingerprint density at radius 2 is 2.33 bits per heavy atom. The number of fused-ring (bicyclic) bond motifs is 1. The maximum atomic E-state index is 11.9. The molecule has 2 N–H and O–H groups in total. The van der Waals surface area contributed by atoms with Gasteiger partial charge in [0, 0.05) is 23.2 Å². The van der Waals surface area contributed by atoms with Crippen LogP contribution in [0.5, 0.6) is 0 Å². The monoisotopic (exact) mass is 262 g/mol. The first kappa shape index (κ1) is 11.6. The molecule has 3 heterocycles. The van der Waals surface area contributed by atoms with Gasteiger partial charge in [0.25, 0.3) is 5.56 Å². The van der Waals surface area contributed by atoms with Gasteiger partial charge < -0.3 is 10.3 Å². The van der Waals surface area contributed by atoms with Crippen molar-refractivity contribution in [2.45, 2.75) is 26.3 Å². The average Bonchev–Trinajstić information content (AvgIpc) is 2.75. The Kier molecular flexibility index (Phi) is 2.97. The summed E-state index contributed by atoms with van der Waals surface area (Å²) in [6, 6.07) is 0. The van der Waals surface area contributed by atoms with E-state index in [9.17, 15) is 4.79 Å². The number of hydrogen-bond acceptors (Lipinski definition) is 5. The van der Waals surface area contributed by atoms with Crippen LogP contribution in [0.2, 0.25) is 0 Å². The maximum Gasteiger partial charge on any atom is 0.254 e. The predicted molar refractivity (Wildman–Crippen MR) is 69.9 cm³/mol. The van der Waals surface area contributed by atoms with Crippen LogP contribution in [0.4, 0.5) is 0 Å². The van der Waals surface area contributed by atoms with Gasteiger partial charge in [-0.25, -0.2) is 9.97 Å². The summed E-state index contributed by atoms with van der Waals surface area (Å²) >= 11 is 1.60. The van der Waals surface area contributed by atoms with E-state index in [1.807, 2.05) is 12.3 Å². The SMILES string of the molecule is Cc1csc(Cc2nc3c(c(=O)[nH]2)CCNC3)n1. The highest BCUT2D eigenvalue weighted by atomic mass is 32.1. The predicted octanol–water partition coefficient (Wildman–Crippen LogP) is 0.771. The number of aromatic amines is 1. The highest BCUT2D eigenvalue weighted by Crippen LogP contribution is 2.13. The Morgan fingerprint density at radius 1 is 1.44 bits per heavy atom. The van der Waals surface area contributed by atoms with E-state index in [0.717, 1.165) is 34.9 Å². The normalized spacial score (nSPS) is 14.5. The Labute approximate surface area is 108 Å².